The second-order valence-electron chi connectivity index (χ2n) is 6.14. The summed E-state index contributed by atoms with van der Waals surface area (Å²) in [5.74, 6) is -8.18. The zero-order valence-electron chi connectivity index (χ0n) is 15.4. The number of methoxy groups -OCH3 is 2. The van der Waals surface area contributed by atoms with Crippen LogP contribution in [0, 0.1) is 0 Å². The van der Waals surface area contributed by atoms with Crippen molar-refractivity contribution in [2.75, 3.05) is 14.2 Å². The van der Waals surface area contributed by atoms with Crippen LogP contribution >= 0.6 is 31.9 Å². The van der Waals surface area contributed by atoms with Crippen LogP contribution in [0.5, 0.6) is 11.5 Å². The molecule has 164 valence electrons. The number of hydrogen-bond acceptors (Lipinski definition) is 3. The van der Waals surface area contributed by atoms with Gasteiger partial charge in [-0.1, -0.05) is 12.1 Å². The molecule has 2 aromatic rings. The van der Waals surface area contributed by atoms with Gasteiger partial charge in [-0.15, -0.1) is 0 Å². The summed E-state index contributed by atoms with van der Waals surface area (Å²) in [4.78, 5) is 12.8. The van der Waals surface area contributed by atoms with Crippen LogP contribution in [0.1, 0.15) is 23.0 Å². The summed E-state index contributed by atoms with van der Waals surface area (Å²) in [6.07, 6.45) is -10.5. The Morgan fingerprint density at radius 2 is 1.10 bits per heavy atom. The quantitative estimate of drug-likeness (QED) is 0.363. The highest BCUT2D eigenvalue weighted by Crippen LogP contribution is 2.46. The van der Waals surface area contributed by atoms with Gasteiger partial charge in [-0.25, -0.2) is 0 Å². The Morgan fingerprint density at radius 3 is 1.37 bits per heavy atom. The van der Waals surface area contributed by atoms with Crippen molar-refractivity contribution >= 4 is 37.6 Å². The number of Topliss-reactive ketones (excluding diaryl/α,β-unsaturated/α-hetero) is 1. The average molecular weight is 564 g/mol. The standard InChI is InChI=1S/C19H14Br2F6O3/c1-29-13-7-9(3-5-11(13)20)15(18(22,23)24)17(28)16(19(25,26)27)10-4-6-12(21)14(8-10)30-2/h3-8,15-16H,1-2H3. The molecular weight excluding hydrogens is 550 g/mol. The summed E-state index contributed by atoms with van der Waals surface area (Å²) in [5.41, 5.74) is -1.32. The molecule has 3 nitrogen and oxygen atoms in total. The lowest BCUT2D eigenvalue weighted by molar-refractivity contribution is -0.183. The molecule has 11 heteroatoms. The van der Waals surface area contributed by atoms with Crippen molar-refractivity contribution in [2.24, 2.45) is 0 Å². The highest BCUT2D eigenvalue weighted by atomic mass is 79.9. The molecule has 0 aliphatic heterocycles. The fourth-order valence-electron chi connectivity index (χ4n) is 2.91. The minimum atomic E-state index is -5.27. The van der Waals surface area contributed by atoms with Crippen LogP contribution in [0.3, 0.4) is 0 Å². The third kappa shape index (κ3) is 5.29. The SMILES string of the molecule is COc1cc(C(C(=O)C(c2ccc(Br)c(OC)c2)C(F)(F)F)C(F)(F)F)ccc1Br. The first kappa shape index (κ1) is 24.5. The molecule has 2 atom stereocenters. The Hall–Kier alpha value is -1.75. The van der Waals surface area contributed by atoms with E-state index in [1.54, 1.807) is 0 Å². The molecule has 0 N–H and O–H groups in total. The van der Waals surface area contributed by atoms with E-state index in [0.717, 1.165) is 24.3 Å². The Balaban J connectivity index is 2.66. The van der Waals surface area contributed by atoms with Crippen LogP contribution < -0.4 is 9.47 Å². The summed E-state index contributed by atoms with van der Waals surface area (Å²) in [6, 6.07) is 5.97. The van der Waals surface area contributed by atoms with Crippen LogP contribution in [-0.2, 0) is 4.79 Å². The summed E-state index contributed by atoms with van der Waals surface area (Å²) >= 11 is 6.12. The lowest BCUT2D eigenvalue weighted by Gasteiger charge is -2.27. The van der Waals surface area contributed by atoms with Gasteiger partial charge in [0, 0.05) is 0 Å². The highest BCUT2D eigenvalue weighted by molar-refractivity contribution is 9.10. The minimum Gasteiger partial charge on any atom is -0.496 e. The van der Waals surface area contributed by atoms with E-state index < -0.39 is 41.1 Å². The summed E-state index contributed by atoms with van der Waals surface area (Å²) in [6.45, 7) is 0. The van der Waals surface area contributed by atoms with Crippen LogP contribution in [0.15, 0.2) is 45.3 Å². The van der Waals surface area contributed by atoms with Crippen molar-refractivity contribution in [1.29, 1.82) is 0 Å². The molecule has 0 fully saturated rings. The molecule has 0 aromatic heterocycles. The molecule has 0 amide bonds. The molecule has 0 heterocycles. The van der Waals surface area contributed by atoms with Crippen LogP contribution in [0.4, 0.5) is 26.3 Å². The highest BCUT2D eigenvalue weighted by Gasteiger charge is 2.55. The molecule has 2 rings (SSSR count). The van der Waals surface area contributed by atoms with Gasteiger partial charge >= 0.3 is 12.4 Å². The maximum atomic E-state index is 13.8. The number of carbonyl (C=O) groups excluding carboxylic acids is 1. The maximum Gasteiger partial charge on any atom is 0.402 e. The van der Waals surface area contributed by atoms with Crippen molar-refractivity contribution in [3.8, 4) is 11.5 Å². The van der Waals surface area contributed by atoms with Gasteiger partial charge in [0.2, 0.25) is 0 Å². The van der Waals surface area contributed by atoms with Crippen molar-refractivity contribution in [2.45, 2.75) is 24.2 Å². The van der Waals surface area contributed by atoms with E-state index in [-0.39, 0.29) is 20.4 Å². The number of hydrogen-bond donors (Lipinski definition) is 0. The summed E-state index contributed by atoms with van der Waals surface area (Å²) < 4.78 is 93.2. The second-order valence-corrected chi connectivity index (χ2v) is 7.85. The van der Waals surface area contributed by atoms with Gasteiger partial charge in [0.15, 0.2) is 5.78 Å². The first-order valence-corrected chi connectivity index (χ1v) is 9.73. The number of benzene rings is 2. The zero-order valence-corrected chi connectivity index (χ0v) is 18.5. The van der Waals surface area contributed by atoms with Gasteiger partial charge in [-0.2, -0.15) is 26.3 Å². The van der Waals surface area contributed by atoms with E-state index in [4.69, 9.17) is 9.47 Å². The van der Waals surface area contributed by atoms with Crippen molar-refractivity contribution in [3.63, 3.8) is 0 Å². The lowest BCUT2D eigenvalue weighted by atomic mass is 9.82. The number of alkyl halides is 6. The summed E-state index contributed by atoms with van der Waals surface area (Å²) in [5, 5.41) is 0. The lowest BCUT2D eigenvalue weighted by Crippen LogP contribution is -2.38. The van der Waals surface area contributed by atoms with Crippen LogP contribution in [0.2, 0.25) is 0 Å². The van der Waals surface area contributed by atoms with Gasteiger partial charge in [-0.3, -0.25) is 4.79 Å². The zero-order chi connectivity index (χ0) is 22.9. The maximum absolute atomic E-state index is 13.8. The molecule has 0 aliphatic rings. The molecule has 0 saturated heterocycles. The van der Waals surface area contributed by atoms with Gasteiger partial charge in [0.05, 0.1) is 23.2 Å². The van der Waals surface area contributed by atoms with E-state index in [1.807, 2.05) is 0 Å². The second kappa shape index (κ2) is 9.17. The minimum absolute atomic E-state index is 0.0524. The van der Waals surface area contributed by atoms with Crippen molar-refractivity contribution in [3.05, 3.63) is 56.5 Å². The Labute approximate surface area is 184 Å². The van der Waals surface area contributed by atoms with Crippen molar-refractivity contribution in [1.82, 2.24) is 0 Å². The third-order valence-electron chi connectivity index (χ3n) is 4.24. The molecule has 0 bridgehead atoms. The predicted molar refractivity (Wildman–Crippen MR) is 104 cm³/mol. The van der Waals surface area contributed by atoms with E-state index in [0.29, 0.717) is 0 Å². The molecular formula is C19H14Br2F6O3. The normalized spacial score (nSPS) is 14.2. The monoisotopic (exact) mass is 562 g/mol. The number of halogens is 8. The Kier molecular flexibility index (Phi) is 7.49. The smallest absolute Gasteiger partial charge is 0.402 e. The fraction of sp³-hybridized carbons (Fsp3) is 0.316. The van der Waals surface area contributed by atoms with E-state index in [9.17, 15) is 31.1 Å². The predicted octanol–water partition coefficient (Wildman–Crippen LogP) is 6.79. The van der Waals surface area contributed by atoms with E-state index >= 15 is 0 Å². The Bertz CT molecular complexity index is 854. The van der Waals surface area contributed by atoms with Gasteiger partial charge in [0.25, 0.3) is 0 Å². The molecule has 2 unspecified atom stereocenters. The third-order valence-corrected chi connectivity index (χ3v) is 5.55. The number of carbonyl (C=O) groups is 1. The largest absolute Gasteiger partial charge is 0.496 e. The van der Waals surface area contributed by atoms with Gasteiger partial charge < -0.3 is 9.47 Å². The van der Waals surface area contributed by atoms with E-state index in [1.165, 1.54) is 26.4 Å². The van der Waals surface area contributed by atoms with Crippen molar-refractivity contribution < 1.29 is 40.6 Å². The molecule has 0 saturated carbocycles. The first-order valence-electron chi connectivity index (χ1n) is 8.15. The van der Waals surface area contributed by atoms with E-state index in [2.05, 4.69) is 31.9 Å². The number of ether oxygens (including phenoxy) is 2. The Morgan fingerprint density at radius 1 is 0.767 bits per heavy atom. The number of rotatable bonds is 6. The fourth-order valence-corrected chi connectivity index (χ4v) is 3.72. The van der Waals surface area contributed by atoms with Crippen LogP contribution in [-0.4, -0.2) is 32.4 Å². The summed E-state index contributed by atoms with van der Waals surface area (Å²) in [7, 11) is 2.36. The van der Waals surface area contributed by atoms with Gasteiger partial charge in [0.1, 0.15) is 23.3 Å². The van der Waals surface area contributed by atoms with Crippen LogP contribution in [0.25, 0.3) is 0 Å². The molecule has 0 aliphatic carbocycles. The molecule has 2 aromatic carbocycles. The topological polar surface area (TPSA) is 35.5 Å². The average Bonchev–Trinajstić information content (AvgIpc) is 2.62. The molecule has 0 radical (unpaired) electrons. The number of ketones is 1. The first-order chi connectivity index (χ1) is 13.8. The molecule has 0 spiro atoms. The molecule has 30 heavy (non-hydrogen) atoms. The van der Waals surface area contributed by atoms with Gasteiger partial charge in [-0.05, 0) is 67.3 Å².